The van der Waals surface area contributed by atoms with Gasteiger partial charge in [0.15, 0.2) is 5.82 Å². The normalized spacial score (nSPS) is 11.0. The van der Waals surface area contributed by atoms with E-state index in [2.05, 4.69) is 157 Å². The number of nitrogens with zero attached hydrogens (tertiary/aromatic N) is 3. The van der Waals surface area contributed by atoms with Crippen molar-refractivity contribution in [2.45, 2.75) is 0 Å². The predicted molar refractivity (Wildman–Crippen MR) is 190 cm³/mol. The minimum absolute atomic E-state index is 0.693. The Bertz CT molecular complexity index is 2170. The van der Waals surface area contributed by atoms with Gasteiger partial charge >= 0.3 is 0 Å². The Morgan fingerprint density at radius 2 is 0.891 bits per heavy atom. The van der Waals surface area contributed by atoms with Crippen molar-refractivity contribution in [3.05, 3.63) is 176 Å². The van der Waals surface area contributed by atoms with Gasteiger partial charge in [-0.25, -0.2) is 9.97 Å². The van der Waals surface area contributed by atoms with E-state index in [1.54, 1.807) is 6.20 Å². The van der Waals surface area contributed by atoms with Crippen molar-refractivity contribution in [2.24, 2.45) is 0 Å². The van der Waals surface area contributed by atoms with Gasteiger partial charge in [-0.3, -0.25) is 4.98 Å². The number of fused-ring (bicyclic) bond motifs is 1. The second-order valence-corrected chi connectivity index (χ2v) is 11.3. The smallest absolute Gasteiger partial charge is 0.160 e. The van der Waals surface area contributed by atoms with Gasteiger partial charge in [0, 0.05) is 29.1 Å². The van der Waals surface area contributed by atoms with Gasteiger partial charge < -0.3 is 0 Å². The van der Waals surface area contributed by atoms with Crippen LogP contribution in [0.4, 0.5) is 0 Å². The fraction of sp³-hybridized carbons (Fsp3) is 0. The Labute approximate surface area is 268 Å². The molecule has 8 aromatic rings. The molecule has 0 saturated heterocycles. The van der Waals surface area contributed by atoms with E-state index in [1.807, 2.05) is 18.3 Å². The molecular weight excluding hydrogens is 558 g/mol. The average molecular weight is 588 g/mol. The van der Waals surface area contributed by atoms with Crippen molar-refractivity contribution >= 4 is 10.8 Å². The quantitative estimate of drug-likeness (QED) is 0.194. The first-order valence-electron chi connectivity index (χ1n) is 15.4. The first kappa shape index (κ1) is 27.4. The van der Waals surface area contributed by atoms with Gasteiger partial charge in [0.25, 0.3) is 0 Å². The zero-order chi connectivity index (χ0) is 30.7. The van der Waals surface area contributed by atoms with Crippen molar-refractivity contribution in [3.8, 4) is 67.3 Å². The van der Waals surface area contributed by atoms with Crippen molar-refractivity contribution in [1.29, 1.82) is 0 Å². The molecule has 0 saturated carbocycles. The van der Waals surface area contributed by atoms with Crippen molar-refractivity contribution in [1.82, 2.24) is 15.0 Å². The molecule has 6 aromatic carbocycles. The van der Waals surface area contributed by atoms with Gasteiger partial charge in [-0.2, -0.15) is 0 Å². The molecule has 0 unspecified atom stereocenters. The Morgan fingerprint density at radius 1 is 0.348 bits per heavy atom. The summed E-state index contributed by atoms with van der Waals surface area (Å²) >= 11 is 0. The van der Waals surface area contributed by atoms with Crippen LogP contribution < -0.4 is 0 Å². The highest BCUT2D eigenvalue weighted by molar-refractivity contribution is 5.97. The lowest BCUT2D eigenvalue weighted by Gasteiger charge is -2.12. The highest BCUT2D eigenvalue weighted by Gasteiger charge is 2.13. The second kappa shape index (κ2) is 12.1. The molecule has 0 amide bonds. The molecule has 2 aromatic heterocycles. The van der Waals surface area contributed by atoms with Crippen LogP contribution in [0.3, 0.4) is 0 Å². The SMILES string of the molecule is c1ccc(-c2ccc(-c3cc(-c4ccc(-c5cccnc5)cc4)nc(-c4cccc(-c5cccc6ccccc56)c4)n3)cc2)cc1. The molecular formula is C43H29N3. The molecule has 0 atom stereocenters. The zero-order valence-electron chi connectivity index (χ0n) is 25.1. The molecule has 0 N–H and O–H groups in total. The number of pyridine rings is 1. The summed E-state index contributed by atoms with van der Waals surface area (Å²) in [5.74, 6) is 0.693. The monoisotopic (exact) mass is 587 g/mol. The summed E-state index contributed by atoms with van der Waals surface area (Å²) < 4.78 is 0. The highest BCUT2D eigenvalue weighted by atomic mass is 14.9. The Hall–Kier alpha value is -6.19. The number of hydrogen-bond acceptors (Lipinski definition) is 3. The van der Waals surface area contributed by atoms with E-state index in [1.165, 1.54) is 27.5 Å². The van der Waals surface area contributed by atoms with Gasteiger partial charge in [-0.1, -0.05) is 146 Å². The highest BCUT2D eigenvalue weighted by Crippen LogP contribution is 2.34. The van der Waals surface area contributed by atoms with E-state index in [-0.39, 0.29) is 0 Å². The molecule has 0 radical (unpaired) electrons. The molecule has 0 fully saturated rings. The Balaban J connectivity index is 1.23. The fourth-order valence-corrected chi connectivity index (χ4v) is 6.01. The number of aromatic nitrogens is 3. The van der Waals surface area contributed by atoms with E-state index in [0.29, 0.717) is 5.82 Å². The zero-order valence-corrected chi connectivity index (χ0v) is 25.1. The first-order chi connectivity index (χ1) is 22.8. The average Bonchev–Trinajstić information content (AvgIpc) is 3.15. The van der Waals surface area contributed by atoms with Crippen molar-refractivity contribution < 1.29 is 0 Å². The Kier molecular flexibility index (Phi) is 7.18. The summed E-state index contributed by atoms with van der Waals surface area (Å²) in [6, 6.07) is 57.2. The van der Waals surface area contributed by atoms with Gasteiger partial charge in [-0.15, -0.1) is 0 Å². The third-order valence-electron chi connectivity index (χ3n) is 8.41. The van der Waals surface area contributed by atoms with E-state index in [0.717, 1.165) is 44.8 Å². The second-order valence-electron chi connectivity index (χ2n) is 11.3. The van der Waals surface area contributed by atoms with Gasteiger partial charge in [0.05, 0.1) is 11.4 Å². The lowest BCUT2D eigenvalue weighted by atomic mass is 9.96. The van der Waals surface area contributed by atoms with Crippen LogP contribution in [0.1, 0.15) is 0 Å². The topological polar surface area (TPSA) is 38.7 Å². The molecule has 46 heavy (non-hydrogen) atoms. The molecule has 0 bridgehead atoms. The molecule has 0 spiro atoms. The summed E-state index contributed by atoms with van der Waals surface area (Å²) in [7, 11) is 0. The van der Waals surface area contributed by atoms with Crippen LogP contribution >= 0.6 is 0 Å². The van der Waals surface area contributed by atoms with E-state index < -0.39 is 0 Å². The Morgan fingerprint density at radius 3 is 1.61 bits per heavy atom. The summed E-state index contributed by atoms with van der Waals surface area (Å²) in [6.45, 7) is 0. The van der Waals surface area contributed by atoms with Crippen LogP contribution in [0.15, 0.2) is 176 Å². The molecule has 3 heteroatoms. The molecule has 0 aliphatic heterocycles. The molecule has 8 rings (SSSR count). The summed E-state index contributed by atoms with van der Waals surface area (Å²) in [5, 5.41) is 2.45. The maximum absolute atomic E-state index is 5.14. The number of hydrogen-bond donors (Lipinski definition) is 0. The third kappa shape index (κ3) is 5.47. The van der Waals surface area contributed by atoms with Crippen LogP contribution in [0.2, 0.25) is 0 Å². The van der Waals surface area contributed by atoms with Gasteiger partial charge in [-0.05, 0) is 62.4 Å². The lowest BCUT2D eigenvalue weighted by molar-refractivity contribution is 1.18. The molecule has 0 aliphatic carbocycles. The van der Waals surface area contributed by atoms with Crippen molar-refractivity contribution in [3.63, 3.8) is 0 Å². The molecule has 3 nitrogen and oxygen atoms in total. The van der Waals surface area contributed by atoms with Crippen LogP contribution in [0, 0.1) is 0 Å². The standard InChI is InChI=1S/C43H29N3/c1-2-9-30(10-3-1)31-18-22-34(23-19-31)41-28-42(35-24-20-32(21-25-35)38-15-8-26-44-29-38)46-43(45-41)37-14-6-13-36(27-37)40-17-7-12-33-11-4-5-16-39(33)40/h1-29H. The van der Waals surface area contributed by atoms with E-state index in [9.17, 15) is 0 Å². The summed E-state index contributed by atoms with van der Waals surface area (Å²) in [4.78, 5) is 14.6. The first-order valence-corrected chi connectivity index (χ1v) is 15.4. The largest absolute Gasteiger partial charge is 0.264 e. The molecule has 2 heterocycles. The number of benzene rings is 6. The van der Waals surface area contributed by atoms with Crippen LogP contribution in [-0.2, 0) is 0 Å². The maximum atomic E-state index is 5.14. The predicted octanol–water partition coefficient (Wildman–Crippen LogP) is 11.0. The summed E-state index contributed by atoms with van der Waals surface area (Å²) in [6.07, 6.45) is 3.68. The lowest BCUT2D eigenvalue weighted by Crippen LogP contribution is -1.96. The third-order valence-corrected chi connectivity index (χ3v) is 8.41. The minimum Gasteiger partial charge on any atom is -0.264 e. The van der Waals surface area contributed by atoms with Crippen LogP contribution in [-0.4, -0.2) is 15.0 Å². The molecule has 0 aliphatic rings. The number of rotatable bonds is 6. The van der Waals surface area contributed by atoms with Crippen LogP contribution in [0.25, 0.3) is 78.1 Å². The van der Waals surface area contributed by atoms with Gasteiger partial charge in [0.2, 0.25) is 0 Å². The minimum atomic E-state index is 0.693. The van der Waals surface area contributed by atoms with E-state index in [4.69, 9.17) is 9.97 Å². The molecule has 216 valence electrons. The summed E-state index contributed by atoms with van der Waals surface area (Å²) in [5.41, 5.74) is 11.7. The van der Waals surface area contributed by atoms with Gasteiger partial charge in [0.1, 0.15) is 0 Å². The van der Waals surface area contributed by atoms with Crippen molar-refractivity contribution in [2.75, 3.05) is 0 Å². The maximum Gasteiger partial charge on any atom is 0.160 e. The van der Waals surface area contributed by atoms with Crippen LogP contribution in [0.5, 0.6) is 0 Å². The fourth-order valence-electron chi connectivity index (χ4n) is 6.01. The van der Waals surface area contributed by atoms with E-state index >= 15 is 0 Å².